The van der Waals surface area contributed by atoms with E-state index in [-0.39, 0.29) is 11.6 Å². The number of hydrogen-bond acceptors (Lipinski definition) is 7. The Morgan fingerprint density at radius 1 is 1.08 bits per heavy atom. The molecular weight excluding hydrogens is 494 g/mol. The topological polar surface area (TPSA) is 119 Å². The molecule has 2 aromatic heterocycles. The summed E-state index contributed by atoms with van der Waals surface area (Å²) in [5.41, 5.74) is 2.63. The van der Waals surface area contributed by atoms with Gasteiger partial charge in [0.2, 0.25) is 5.91 Å². The lowest BCUT2D eigenvalue weighted by atomic mass is 10.2. The maximum atomic E-state index is 12.7. The largest absolute Gasteiger partial charge is 0.368 e. The van der Waals surface area contributed by atoms with Gasteiger partial charge in [-0.05, 0) is 43.3 Å². The Kier molecular flexibility index (Phi) is 7.38. The number of nitrogens with one attached hydrogen (secondary N) is 3. The van der Waals surface area contributed by atoms with Crippen molar-refractivity contribution < 1.29 is 14.1 Å². The number of amides is 2. The van der Waals surface area contributed by atoms with Crippen LogP contribution in [0.3, 0.4) is 0 Å². The molecule has 11 heteroatoms. The number of hydrogen-bond donors (Lipinski definition) is 3. The van der Waals surface area contributed by atoms with Gasteiger partial charge in [0.25, 0.3) is 5.91 Å². The second-order valence-corrected chi connectivity index (χ2v) is 9.44. The van der Waals surface area contributed by atoms with E-state index in [1.165, 1.54) is 6.92 Å². The van der Waals surface area contributed by atoms with Crippen molar-refractivity contribution >= 4 is 51.5 Å². The third-order valence-electron chi connectivity index (χ3n) is 6.37. The first-order valence-corrected chi connectivity index (χ1v) is 12.6. The van der Waals surface area contributed by atoms with Crippen LogP contribution in [0, 0.1) is 0 Å². The van der Waals surface area contributed by atoms with Crippen LogP contribution in [0.25, 0.3) is 10.9 Å². The van der Waals surface area contributed by atoms with E-state index >= 15 is 0 Å². The molecule has 0 bridgehead atoms. The zero-order chi connectivity index (χ0) is 25.8. The summed E-state index contributed by atoms with van der Waals surface area (Å²) in [5.74, 6) is 0.497. The van der Waals surface area contributed by atoms with Crippen LogP contribution in [0.1, 0.15) is 29.6 Å². The van der Waals surface area contributed by atoms with Gasteiger partial charge in [0.1, 0.15) is 5.76 Å². The summed E-state index contributed by atoms with van der Waals surface area (Å²) in [6.45, 7) is 6.20. The molecule has 1 aliphatic heterocycles. The van der Waals surface area contributed by atoms with Crippen LogP contribution in [0.2, 0.25) is 5.02 Å². The Hall–Kier alpha value is -3.89. The van der Waals surface area contributed by atoms with E-state index in [1.807, 2.05) is 18.2 Å². The highest BCUT2D eigenvalue weighted by atomic mass is 35.5. The van der Waals surface area contributed by atoms with Crippen molar-refractivity contribution in [3.8, 4) is 0 Å². The van der Waals surface area contributed by atoms with Gasteiger partial charge in [0.05, 0.1) is 16.2 Å². The van der Waals surface area contributed by atoms with Crippen LogP contribution in [-0.2, 0) is 11.2 Å². The van der Waals surface area contributed by atoms with Gasteiger partial charge in [0, 0.05) is 56.7 Å². The Morgan fingerprint density at radius 3 is 2.68 bits per heavy atom. The first-order chi connectivity index (χ1) is 18.0. The van der Waals surface area contributed by atoms with Gasteiger partial charge in [-0.3, -0.25) is 19.6 Å². The minimum atomic E-state index is -0.398. The highest BCUT2D eigenvalue weighted by Gasteiger charge is 2.19. The van der Waals surface area contributed by atoms with Gasteiger partial charge >= 0.3 is 0 Å². The number of aromatic amines is 1. The van der Waals surface area contributed by atoms with Gasteiger partial charge in [-0.25, -0.2) is 0 Å². The number of H-pyrrole nitrogens is 1. The SMILES string of the molecule is CC(=O)Nc1ccc2c(NC(=O)c3cc(CCCN4CCN(c5ccccc5Cl)CC4)on3)n[nH]c2c1. The molecule has 1 fully saturated rings. The lowest BCUT2D eigenvalue weighted by Crippen LogP contribution is -2.46. The summed E-state index contributed by atoms with van der Waals surface area (Å²) >= 11 is 6.34. The van der Waals surface area contributed by atoms with E-state index < -0.39 is 5.91 Å². The molecule has 5 rings (SSSR count). The second-order valence-electron chi connectivity index (χ2n) is 9.03. The van der Waals surface area contributed by atoms with Crippen molar-refractivity contribution in [2.24, 2.45) is 0 Å². The number of benzene rings is 2. The molecule has 10 nitrogen and oxygen atoms in total. The van der Waals surface area contributed by atoms with E-state index in [0.29, 0.717) is 29.2 Å². The molecule has 0 radical (unpaired) electrons. The number of fused-ring (bicyclic) bond motifs is 1. The maximum Gasteiger partial charge on any atom is 0.279 e. The number of aromatic nitrogens is 3. The van der Waals surface area contributed by atoms with E-state index in [1.54, 1.807) is 24.3 Å². The Bertz CT molecular complexity index is 1410. The van der Waals surface area contributed by atoms with E-state index in [4.69, 9.17) is 16.1 Å². The summed E-state index contributed by atoms with van der Waals surface area (Å²) in [5, 5.41) is 18.0. The number of aryl methyl sites for hydroxylation is 1. The molecule has 0 saturated carbocycles. The van der Waals surface area contributed by atoms with Gasteiger partial charge < -0.3 is 20.1 Å². The summed E-state index contributed by atoms with van der Waals surface area (Å²) in [7, 11) is 0. The van der Waals surface area contributed by atoms with Crippen molar-refractivity contribution in [1.82, 2.24) is 20.3 Å². The maximum absolute atomic E-state index is 12.7. The highest BCUT2D eigenvalue weighted by molar-refractivity contribution is 6.33. The number of carbonyl (C=O) groups is 2. The lowest BCUT2D eigenvalue weighted by Gasteiger charge is -2.36. The molecule has 1 saturated heterocycles. The summed E-state index contributed by atoms with van der Waals surface area (Å²) in [4.78, 5) is 28.7. The first kappa shape index (κ1) is 24.8. The van der Waals surface area contributed by atoms with Crippen LogP contribution in [0.4, 0.5) is 17.2 Å². The molecule has 3 N–H and O–H groups in total. The van der Waals surface area contributed by atoms with Gasteiger partial charge in [-0.1, -0.05) is 28.9 Å². The fourth-order valence-corrected chi connectivity index (χ4v) is 4.76. The summed E-state index contributed by atoms with van der Waals surface area (Å²) < 4.78 is 5.40. The molecule has 0 unspecified atom stereocenters. The average Bonchev–Trinajstić information content (AvgIpc) is 3.52. The molecule has 192 valence electrons. The van der Waals surface area contributed by atoms with E-state index in [0.717, 1.165) is 55.2 Å². The Morgan fingerprint density at radius 2 is 1.89 bits per heavy atom. The van der Waals surface area contributed by atoms with Crippen LogP contribution >= 0.6 is 11.6 Å². The third kappa shape index (κ3) is 5.92. The normalized spacial score (nSPS) is 14.2. The second kappa shape index (κ2) is 11.0. The zero-order valence-electron chi connectivity index (χ0n) is 20.5. The fraction of sp³-hybridized carbons (Fsp3) is 0.308. The Labute approximate surface area is 218 Å². The predicted octanol–water partition coefficient (Wildman–Crippen LogP) is 4.17. The fourth-order valence-electron chi connectivity index (χ4n) is 4.50. The molecule has 1 aliphatic rings. The number of halogens is 1. The minimum Gasteiger partial charge on any atom is -0.368 e. The van der Waals surface area contributed by atoms with Crippen molar-refractivity contribution in [3.63, 3.8) is 0 Å². The summed E-state index contributed by atoms with van der Waals surface area (Å²) in [6.07, 6.45) is 1.60. The van der Waals surface area contributed by atoms with Gasteiger partial charge in [-0.2, -0.15) is 5.10 Å². The smallest absolute Gasteiger partial charge is 0.279 e. The standard InChI is InChI=1S/C26H28ClN7O3/c1-17(35)28-18-8-9-20-22(15-18)30-31-25(20)29-26(36)23-16-19(37-32-23)5-4-10-33-11-13-34(14-12-33)24-7-3-2-6-21(24)27/h2-3,6-9,15-16H,4-5,10-14H2,1H3,(H,28,35)(H2,29,30,31,36). The third-order valence-corrected chi connectivity index (χ3v) is 6.69. The molecule has 0 atom stereocenters. The lowest BCUT2D eigenvalue weighted by molar-refractivity contribution is -0.114. The molecular formula is C26H28ClN7O3. The molecule has 0 spiro atoms. The molecule has 37 heavy (non-hydrogen) atoms. The number of para-hydroxylation sites is 1. The number of nitrogens with zero attached hydrogens (tertiary/aromatic N) is 4. The quantitative estimate of drug-likeness (QED) is 0.318. The van der Waals surface area contributed by atoms with Crippen molar-refractivity contribution in [2.45, 2.75) is 19.8 Å². The number of rotatable bonds is 8. The molecule has 0 aliphatic carbocycles. The van der Waals surface area contributed by atoms with E-state index in [9.17, 15) is 9.59 Å². The number of carbonyl (C=O) groups excluding carboxylic acids is 2. The molecule has 2 aromatic carbocycles. The van der Waals surface area contributed by atoms with Crippen molar-refractivity contribution in [2.75, 3.05) is 48.3 Å². The van der Waals surface area contributed by atoms with E-state index in [2.05, 4.69) is 41.9 Å². The van der Waals surface area contributed by atoms with Gasteiger partial charge in [0.15, 0.2) is 11.5 Å². The monoisotopic (exact) mass is 521 g/mol. The molecule has 4 aromatic rings. The predicted molar refractivity (Wildman–Crippen MR) is 143 cm³/mol. The minimum absolute atomic E-state index is 0.162. The van der Waals surface area contributed by atoms with Crippen molar-refractivity contribution in [1.29, 1.82) is 0 Å². The highest BCUT2D eigenvalue weighted by Crippen LogP contribution is 2.26. The van der Waals surface area contributed by atoms with Crippen LogP contribution in [-0.4, -0.2) is 64.8 Å². The Balaban J connectivity index is 1.09. The molecule has 2 amide bonds. The molecule has 3 heterocycles. The number of anilines is 3. The first-order valence-electron chi connectivity index (χ1n) is 12.2. The van der Waals surface area contributed by atoms with Crippen LogP contribution in [0.5, 0.6) is 0 Å². The van der Waals surface area contributed by atoms with Crippen LogP contribution < -0.4 is 15.5 Å². The van der Waals surface area contributed by atoms with Crippen molar-refractivity contribution in [3.05, 3.63) is 65.0 Å². The van der Waals surface area contributed by atoms with Gasteiger partial charge in [-0.15, -0.1) is 0 Å². The number of piperazine rings is 1. The average molecular weight is 522 g/mol. The summed E-state index contributed by atoms with van der Waals surface area (Å²) in [6, 6.07) is 14.9. The van der Waals surface area contributed by atoms with Crippen LogP contribution in [0.15, 0.2) is 53.1 Å². The zero-order valence-corrected chi connectivity index (χ0v) is 21.2.